The number of alkyl halides is 1. The van der Waals surface area contributed by atoms with E-state index in [1.54, 1.807) is 0 Å². The van der Waals surface area contributed by atoms with Crippen molar-refractivity contribution < 1.29 is 18.7 Å². The summed E-state index contributed by atoms with van der Waals surface area (Å²) in [7, 11) is 2.73. The van der Waals surface area contributed by atoms with Crippen LogP contribution in [0.2, 0.25) is 0 Å². The monoisotopic (exact) mass is 246 g/mol. The predicted octanol–water partition coefficient (Wildman–Crippen LogP) is 2.29. The molecule has 0 unspecified atom stereocenters. The molecule has 1 aromatic carbocycles. The van der Waals surface area contributed by atoms with Crippen LogP contribution < -0.4 is 4.74 Å². The van der Waals surface area contributed by atoms with Gasteiger partial charge in [0.1, 0.15) is 11.6 Å². The summed E-state index contributed by atoms with van der Waals surface area (Å²) in [4.78, 5) is 11.1. The minimum Gasteiger partial charge on any atom is -0.496 e. The highest BCUT2D eigenvalue weighted by molar-refractivity contribution is 6.17. The van der Waals surface area contributed by atoms with Crippen LogP contribution in [0.25, 0.3) is 0 Å². The number of benzene rings is 1. The van der Waals surface area contributed by atoms with Gasteiger partial charge < -0.3 is 9.47 Å². The lowest BCUT2D eigenvalue weighted by Gasteiger charge is -2.10. The number of rotatable bonds is 4. The Morgan fingerprint density at radius 3 is 2.56 bits per heavy atom. The van der Waals surface area contributed by atoms with Crippen molar-refractivity contribution in [2.45, 2.75) is 12.3 Å². The average molecular weight is 247 g/mol. The van der Waals surface area contributed by atoms with Gasteiger partial charge in [0, 0.05) is 11.1 Å². The minimum atomic E-state index is -0.449. The van der Waals surface area contributed by atoms with Crippen molar-refractivity contribution >= 4 is 17.6 Å². The number of methoxy groups -OCH3 is 2. The summed E-state index contributed by atoms with van der Waals surface area (Å²) in [5.74, 6) is -0.408. The molecule has 0 saturated carbocycles. The SMILES string of the molecule is COC(=O)Cc1cc(F)c(CCl)cc1OC. The molecule has 0 fully saturated rings. The maximum atomic E-state index is 13.4. The summed E-state index contributed by atoms with van der Waals surface area (Å²) in [6.07, 6.45) is -0.0286. The fourth-order valence-electron chi connectivity index (χ4n) is 1.29. The Hall–Kier alpha value is -1.29. The van der Waals surface area contributed by atoms with Gasteiger partial charge in [-0.05, 0) is 12.1 Å². The maximum Gasteiger partial charge on any atom is 0.310 e. The fourth-order valence-corrected chi connectivity index (χ4v) is 1.50. The second kappa shape index (κ2) is 5.70. The molecule has 3 nitrogen and oxygen atoms in total. The van der Waals surface area contributed by atoms with Gasteiger partial charge in [0.15, 0.2) is 0 Å². The molecule has 16 heavy (non-hydrogen) atoms. The van der Waals surface area contributed by atoms with Crippen LogP contribution in [0.1, 0.15) is 11.1 Å². The highest BCUT2D eigenvalue weighted by atomic mass is 35.5. The molecule has 0 N–H and O–H groups in total. The van der Waals surface area contributed by atoms with E-state index in [-0.39, 0.29) is 12.3 Å². The van der Waals surface area contributed by atoms with Gasteiger partial charge in [-0.3, -0.25) is 4.79 Å². The molecule has 1 aromatic rings. The number of carbonyl (C=O) groups excluding carboxylic acids is 1. The van der Waals surface area contributed by atoms with Gasteiger partial charge in [0.25, 0.3) is 0 Å². The topological polar surface area (TPSA) is 35.5 Å². The van der Waals surface area contributed by atoms with Gasteiger partial charge in [-0.25, -0.2) is 4.39 Å². The van der Waals surface area contributed by atoms with Crippen molar-refractivity contribution in [1.29, 1.82) is 0 Å². The second-order valence-corrected chi connectivity index (χ2v) is 3.41. The smallest absolute Gasteiger partial charge is 0.310 e. The molecule has 0 aliphatic rings. The van der Waals surface area contributed by atoms with Gasteiger partial charge in [0.05, 0.1) is 26.5 Å². The largest absolute Gasteiger partial charge is 0.496 e. The number of esters is 1. The quantitative estimate of drug-likeness (QED) is 0.604. The first kappa shape index (κ1) is 12.8. The molecule has 0 radical (unpaired) electrons. The molecule has 0 aromatic heterocycles. The first-order chi connectivity index (χ1) is 7.62. The van der Waals surface area contributed by atoms with E-state index in [9.17, 15) is 9.18 Å². The van der Waals surface area contributed by atoms with Gasteiger partial charge in [-0.2, -0.15) is 0 Å². The van der Waals surface area contributed by atoms with E-state index in [0.717, 1.165) is 0 Å². The van der Waals surface area contributed by atoms with Crippen LogP contribution in [0.4, 0.5) is 4.39 Å². The van der Waals surface area contributed by atoms with Crippen LogP contribution in [0.5, 0.6) is 5.75 Å². The summed E-state index contributed by atoms with van der Waals surface area (Å²) in [6.45, 7) is 0. The third-order valence-electron chi connectivity index (χ3n) is 2.16. The molecule has 1 rings (SSSR count). The van der Waals surface area contributed by atoms with E-state index in [1.165, 1.54) is 26.4 Å². The van der Waals surface area contributed by atoms with Gasteiger partial charge in [0.2, 0.25) is 0 Å². The molecule has 0 aliphatic heterocycles. The van der Waals surface area contributed by atoms with E-state index in [0.29, 0.717) is 16.9 Å². The average Bonchev–Trinajstić information content (AvgIpc) is 2.29. The van der Waals surface area contributed by atoms with Gasteiger partial charge in [-0.15, -0.1) is 11.6 Å². The highest BCUT2D eigenvalue weighted by Gasteiger charge is 2.13. The number of hydrogen-bond donors (Lipinski definition) is 0. The summed E-state index contributed by atoms with van der Waals surface area (Å²) in [6, 6.07) is 2.73. The zero-order valence-corrected chi connectivity index (χ0v) is 9.81. The second-order valence-electron chi connectivity index (χ2n) is 3.14. The van der Waals surface area contributed by atoms with Crippen molar-refractivity contribution in [3.8, 4) is 5.75 Å². The third kappa shape index (κ3) is 2.85. The van der Waals surface area contributed by atoms with Crippen molar-refractivity contribution in [3.63, 3.8) is 0 Å². The normalized spacial score (nSPS) is 10.0. The number of hydrogen-bond acceptors (Lipinski definition) is 3. The molecule has 88 valence electrons. The van der Waals surface area contributed by atoms with Crippen LogP contribution in [0.3, 0.4) is 0 Å². The molecule has 0 atom stereocenters. The lowest BCUT2D eigenvalue weighted by Crippen LogP contribution is -2.07. The van der Waals surface area contributed by atoms with Crippen LogP contribution in [-0.2, 0) is 21.8 Å². The summed E-state index contributed by atoms with van der Waals surface area (Å²) >= 11 is 5.56. The summed E-state index contributed by atoms with van der Waals surface area (Å²) < 4.78 is 23.0. The Bertz CT molecular complexity index is 393. The Balaban J connectivity index is 3.08. The lowest BCUT2D eigenvalue weighted by molar-refractivity contribution is -0.139. The molecular formula is C11H12ClFO3. The van der Waals surface area contributed by atoms with E-state index < -0.39 is 11.8 Å². The Labute approximate surface area is 98.1 Å². The van der Waals surface area contributed by atoms with Gasteiger partial charge >= 0.3 is 5.97 Å². The van der Waals surface area contributed by atoms with Crippen LogP contribution in [-0.4, -0.2) is 20.2 Å². The standard InChI is InChI=1S/C11H12ClFO3/c1-15-10-4-8(6-12)9(13)3-7(10)5-11(14)16-2/h3-4H,5-6H2,1-2H3. The lowest BCUT2D eigenvalue weighted by atomic mass is 10.1. The molecule has 5 heteroatoms. The summed E-state index contributed by atoms with van der Waals surface area (Å²) in [5, 5.41) is 0. The minimum absolute atomic E-state index is 0.0286. The maximum absolute atomic E-state index is 13.4. The molecule has 0 heterocycles. The van der Waals surface area contributed by atoms with Crippen LogP contribution >= 0.6 is 11.6 Å². The Kier molecular flexibility index (Phi) is 4.55. The molecule has 0 bridgehead atoms. The predicted molar refractivity (Wildman–Crippen MR) is 58.2 cm³/mol. The van der Waals surface area contributed by atoms with Crippen LogP contribution in [0, 0.1) is 5.82 Å². The number of ether oxygens (including phenoxy) is 2. The van der Waals surface area contributed by atoms with E-state index in [2.05, 4.69) is 4.74 Å². The van der Waals surface area contributed by atoms with Crippen molar-refractivity contribution in [1.82, 2.24) is 0 Å². The van der Waals surface area contributed by atoms with Crippen molar-refractivity contribution in [2.75, 3.05) is 14.2 Å². The Morgan fingerprint density at radius 1 is 1.38 bits per heavy atom. The Morgan fingerprint density at radius 2 is 2.06 bits per heavy atom. The first-order valence-electron chi connectivity index (χ1n) is 4.60. The first-order valence-corrected chi connectivity index (χ1v) is 5.13. The third-order valence-corrected chi connectivity index (χ3v) is 2.44. The molecule has 0 amide bonds. The summed E-state index contributed by atoms with van der Waals surface area (Å²) in [5.41, 5.74) is 0.785. The number of halogens is 2. The molecule has 0 aliphatic carbocycles. The molecule has 0 spiro atoms. The van der Waals surface area contributed by atoms with Gasteiger partial charge in [-0.1, -0.05) is 0 Å². The van der Waals surface area contributed by atoms with Crippen molar-refractivity contribution in [2.24, 2.45) is 0 Å². The fraction of sp³-hybridized carbons (Fsp3) is 0.364. The number of carbonyl (C=O) groups is 1. The van der Waals surface area contributed by atoms with E-state index in [4.69, 9.17) is 16.3 Å². The zero-order valence-electron chi connectivity index (χ0n) is 9.05. The van der Waals surface area contributed by atoms with Crippen molar-refractivity contribution in [3.05, 3.63) is 29.1 Å². The molecular weight excluding hydrogens is 235 g/mol. The van der Waals surface area contributed by atoms with E-state index in [1.807, 2.05) is 0 Å². The zero-order chi connectivity index (χ0) is 12.1. The van der Waals surface area contributed by atoms with E-state index >= 15 is 0 Å². The highest BCUT2D eigenvalue weighted by Crippen LogP contribution is 2.24. The molecule has 0 saturated heterocycles. The van der Waals surface area contributed by atoms with Crippen LogP contribution in [0.15, 0.2) is 12.1 Å².